The second-order valence-corrected chi connectivity index (χ2v) is 5.55. The summed E-state index contributed by atoms with van der Waals surface area (Å²) in [5, 5.41) is 3.30. The lowest BCUT2D eigenvalue weighted by atomic mass is 10.2. The molecule has 0 fully saturated rings. The number of ether oxygens (including phenoxy) is 2. The van der Waals surface area contributed by atoms with Crippen molar-refractivity contribution in [1.29, 1.82) is 0 Å². The van der Waals surface area contributed by atoms with Gasteiger partial charge in [-0.2, -0.15) is 0 Å². The van der Waals surface area contributed by atoms with E-state index in [4.69, 9.17) is 21.1 Å². The summed E-state index contributed by atoms with van der Waals surface area (Å²) in [6, 6.07) is 10.1. The predicted molar refractivity (Wildman–Crippen MR) is 94.2 cm³/mol. The van der Waals surface area contributed by atoms with Crippen LogP contribution >= 0.6 is 11.6 Å². The van der Waals surface area contributed by atoms with E-state index in [2.05, 4.69) is 10.3 Å². The van der Waals surface area contributed by atoms with E-state index in [1.807, 2.05) is 0 Å². The highest BCUT2D eigenvalue weighted by molar-refractivity contribution is 6.30. The maximum absolute atomic E-state index is 12.1. The maximum atomic E-state index is 12.1. The number of aromatic nitrogens is 1. The first kappa shape index (κ1) is 18.7. The van der Waals surface area contributed by atoms with Crippen molar-refractivity contribution in [3.05, 3.63) is 58.4 Å². The number of amides is 1. The zero-order valence-corrected chi connectivity index (χ0v) is 14.8. The molecule has 1 amide bonds. The maximum Gasteiger partial charge on any atom is 0.339 e. The molecule has 1 N–H and O–H groups in total. The van der Waals surface area contributed by atoms with Crippen LogP contribution in [0.15, 0.2) is 36.4 Å². The topological polar surface area (TPSA) is 77.5 Å². The molecule has 2 aromatic rings. The number of hydrogen-bond donors (Lipinski definition) is 1. The first-order valence-electron chi connectivity index (χ1n) is 7.82. The molecule has 1 aromatic heterocycles. The molecule has 0 radical (unpaired) electrons. The Balaban J connectivity index is 1.86. The normalized spacial score (nSPS) is 10.2. The van der Waals surface area contributed by atoms with Crippen LogP contribution in [-0.4, -0.2) is 36.6 Å². The third-order valence-corrected chi connectivity index (χ3v) is 3.50. The van der Waals surface area contributed by atoms with E-state index in [-0.39, 0.29) is 18.2 Å². The van der Waals surface area contributed by atoms with Gasteiger partial charge >= 0.3 is 5.97 Å². The quantitative estimate of drug-likeness (QED) is 0.605. The number of pyridine rings is 1. The Bertz CT molecular complexity index is 764. The summed E-state index contributed by atoms with van der Waals surface area (Å²) in [7, 11) is 0. The van der Waals surface area contributed by atoms with Gasteiger partial charge in [0.1, 0.15) is 18.1 Å². The molecule has 0 saturated carbocycles. The molecular formula is C18H19ClN2O4. The second kappa shape index (κ2) is 9.03. The summed E-state index contributed by atoms with van der Waals surface area (Å²) >= 11 is 5.87. The van der Waals surface area contributed by atoms with Crippen LogP contribution in [0.1, 0.15) is 33.5 Å². The van der Waals surface area contributed by atoms with Crippen LogP contribution in [0.4, 0.5) is 0 Å². The van der Waals surface area contributed by atoms with Crippen molar-refractivity contribution in [2.75, 3.05) is 19.8 Å². The van der Waals surface area contributed by atoms with Crippen LogP contribution in [0.25, 0.3) is 0 Å². The van der Waals surface area contributed by atoms with E-state index in [1.54, 1.807) is 38.1 Å². The van der Waals surface area contributed by atoms with Crippen molar-refractivity contribution in [1.82, 2.24) is 10.3 Å². The summed E-state index contributed by atoms with van der Waals surface area (Å²) in [5.74, 6) is -0.155. The lowest BCUT2D eigenvalue weighted by Crippen LogP contribution is -2.29. The van der Waals surface area contributed by atoms with Gasteiger partial charge in [-0.3, -0.25) is 4.79 Å². The minimum atomic E-state index is -0.450. The van der Waals surface area contributed by atoms with Crippen molar-refractivity contribution in [2.24, 2.45) is 0 Å². The third kappa shape index (κ3) is 5.46. The Kier molecular flexibility index (Phi) is 6.77. The number of rotatable bonds is 7. The lowest BCUT2D eigenvalue weighted by molar-refractivity contribution is 0.0524. The van der Waals surface area contributed by atoms with E-state index in [9.17, 15) is 9.59 Å². The van der Waals surface area contributed by atoms with Crippen molar-refractivity contribution in [3.63, 3.8) is 0 Å². The number of benzene rings is 1. The van der Waals surface area contributed by atoms with Crippen LogP contribution in [0.3, 0.4) is 0 Å². The molecule has 0 unspecified atom stereocenters. The number of nitrogens with one attached hydrogen (secondary N) is 1. The molecule has 1 heterocycles. The number of carbonyl (C=O) groups excluding carboxylic acids is 2. The average Bonchev–Trinajstić information content (AvgIpc) is 2.58. The summed E-state index contributed by atoms with van der Waals surface area (Å²) in [6.45, 7) is 4.28. The number of hydrogen-bond acceptors (Lipinski definition) is 5. The Labute approximate surface area is 151 Å². The van der Waals surface area contributed by atoms with Crippen molar-refractivity contribution >= 4 is 23.5 Å². The molecule has 0 aliphatic heterocycles. The zero-order chi connectivity index (χ0) is 18.2. The smallest absolute Gasteiger partial charge is 0.339 e. The van der Waals surface area contributed by atoms with Crippen molar-refractivity contribution in [3.8, 4) is 5.75 Å². The van der Waals surface area contributed by atoms with Crippen LogP contribution in [-0.2, 0) is 4.74 Å². The van der Waals surface area contributed by atoms with Gasteiger partial charge in [0.25, 0.3) is 5.91 Å². The Morgan fingerprint density at radius 1 is 1.24 bits per heavy atom. The van der Waals surface area contributed by atoms with Gasteiger partial charge in [0, 0.05) is 5.02 Å². The van der Waals surface area contributed by atoms with Crippen molar-refractivity contribution < 1.29 is 19.1 Å². The van der Waals surface area contributed by atoms with Gasteiger partial charge in [-0.05, 0) is 44.2 Å². The first-order chi connectivity index (χ1) is 12.0. The molecule has 25 heavy (non-hydrogen) atoms. The first-order valence-corrected chi connectivity index (χ1v) is 8.20. The van der Waals surface area contributed by atoms with E-state index in [0.717, 1.165) is 0 Å². The van der Waals surface area contributed by atoms with Gasteiger partial charge in [-0.15, -0.1) is 0 Å². The van der Waals surface area contributed by atoms with E-state index in [1.165, 1.54) is 12.1 Å². The third-order valence-electron chi connectivity index (χ3n) is 3.27. The minimum absolute atomic E-state index is 0.230. The molecule has 7 heteroatoms. The highest BCUT2D eigenvalue weighted by Gasteiger charge is 2.14. The van der Waals surface area contributed by atoms with Gasteiger partial charge in [-0.25, -0.2) is 9.78 Å². The highest BCUT2D eigenvalue weighted by Crippen LogP contribution is 2.16. The second-order valence-electron chi connectivity index (χ2n) is 5.11. The summed E-state index contributed by atoms with van der Waals surface area (Å²) < 4.78 is 10.4. The fourth-order valence-electron chi connectivity index (χ4n) is 2.09. The highest BCUT2D eigenvalue weighted by atomic mass is 35.5. The van der Waals surface area contributed by atoms with Crippen LogP contribution in [0, 0.1) is 6.92 Å². The van der Waals surface area contributed by atoms with Crippen molar-refractivity contribution in [2.45, 2.75) is 13.8 Å². The Morgan fingerprint density at radius 3 is 2.72 bits per heavy atom. The molecule has 0 aliphatic rings. The molecule has 6 nitrogen and oxygen atoms in total. The number of halogens is 1. The predicted octanol–water partition coefficient (Wildman–Crippen LogP) is 3.03. The standard InChI is InChI=1S/C18H19ClN2O4/c1-3-24-18(23)15-7-8-16(21-12(15)2)17(22)20-9-10-25-14-6-4-5-13(19)11-14/h4-8,11H,3,9-10H2,1-2H3,(H,20,22). The SMILES string of the molecule is CCOC(=O)c1ccc(C(=O)NCCOc2cccc(Cl)c2)nc1C. The molecule has 0 atom stereocenters. The summed E-state index contributed by atoms with van der Waals surface area (Å²) in [4.78, 5) is 28.0. The molecule has 1 aromatic carbocycles. The Hall–Kier alpha value is -2.60. The average molecular weight is 363 g/mol. The number of nitrogens with zero attached hydrogens (tertiary/aromatic N) is 1. The number of esters is 1. The van der Waals surface area contributed by atoms with Gasteiger partial charge in [0.05, 0.1) is 24.4 Å². The summed E-state index contributed by atoms with van der Waals surface area (Å²) in [6.07, 6.45) is 0. The molecule has 0 spiro atoms. The molecule has 0 saturated heterocycles. The fourth-order valence-corrected chi connectivity index (χ4v) is 2.27. The zero-order valence-electron chi connectivity index (χ0n) is 14.0. The largest absolute Gasteiger partial charge is 0.492 e. The van der Waals surface area contributed by atoms with Gasteiger partial charge in [0.15, 0.2) is 0 Å². The molecular weight excluding hydrogens is 344 g/mol. The molecule has 132 valence electrons. The van der Waals surface area contributed by atoms with Crippen LogP contribution in [0.2, 0.25) is 5.02 Å². The van der Waals surface area contributed by atoms with Gasteiger partial charge < -0.3 is 14.8 Å². The van der Waals surface area contributed by atoms with Crippen LogP contribution < -0.4 is 10.1 Å². The number of carbonyl (C=O) groups is 2. The molecule has 0 aliphatic carbocycles. The summed E-state index contributed by atoms with van der Waals surface area (Å²) in [5.41, 5.74) is 1.03. The van der Waals surface area contributed by atoms with Gasteiger partial charge in [0.2, 0.25) is 0 Å². The van der Waals surface area contributed by atoms with E-state index >= 15 is 0 Å². The molecule has 2 rings (SSSR count). The molecule has 0 bridgehead atoms. The van der Waals surface area contributed by atoms with E-state index in [0.29, 0.717) is 35.2 Å². The Morgan fingerprint density at radius 2 is 2.04 bits per heavy atom. The monoisotopic (exact) mass is 362 g/mol. The number of aryl methyl sites for hydroxylation is 1. The minimum Gasteiger partial charge on any atom is -0.492 e. The van der Waals surface area contributed by atoms with Crippen LogP contribution in [0.5, 0.6) is 5.75 Å². The van der Waals surface area contributed by atoms with Gasteiger partial charge in [-0.1, -0.05) is 17.7 Å². The fraction of sp³-hybridized carbons (Fsp3) is 0.278. The lowest BCUT2D eigenvalue weighted by Gasteiger charge is -2.09. The van der Waals surface area contributed by atoms with E-state index < -0.39 is 5.97 Å².